The highest BCUT2D eigenvalue weighted by Crippen LogP contribution is 2.28. The van der Waals surface area contributed by atoms with E-state index in [0.29, 0.717) is 0 Å². The van der Waals surface area contributed by atoms with Crippen molar-refractivity contribution >= 4 is 35.9 Å². The third-order valence-corrected chi connectivity index (χ3v) is 3.04. The fourth-order valence-corrected chi connectivity index (χ4v) is 2.00. The molecule has 0 aliphatic carbocycles. The van der Waals surface area contributed by atoms with Gasteiger partial charge >= 0.3 is 0 Å². The Morgan fingerprint density at radius 1 is 1.71 bits per heavy atom. The second-order valence-electron chi connectivity index (χ2n) is 3.16. The SMILES string of the molecule is CC(C=O)(CC(N)=O)c1cccs1.Cl. The lowest BCUT2D eigenvalue weighted by Crippen LogP contribution is -2.29. The van der Waals surface area contributed by atoms with E-state index in [1.807, 2.05) is 17.5 Å². The van der Waals surface area contributed by atoms with Crippen molar-refractivity contribution in [2.75, 3.05) is 0 Å². The normalized spacial score (nSPS) is 13.8. The lowest BCUT2D eigenvalue weighted by Gasteiger charge is -2.18. The number of amides is 1. The van der Waals surface area contributed by atoms with E-state index < -0.39 is 11.3 Å². The van der Waals surface area contributed by atoms with Crippen LogP contribution in [0.3, 0.4) is 0 Å². The first-order chi connectivity index (χ1) is 6.08. The van der Waals surface area contributed by atoms with Crippen LogP contribution in [0.25, 0.3) is 0 Å². The molecular weight excluding hydrogens is 222 g/mol. The second kappa shape index (κ2) is 5.12. The Labute approximate surface area is 92.7 Å². The lowest BCUT2D eigenvalue weighted by molar-refractivity contribution is -0.122. The number of hydrogen-bond acceptors (Lipinski definition) is 3. The number of nitrogens with two attached hydrogens (primary N) is 1. The molecule has 1 heterocycles. The maximum Gasteiger partial charge on any atom is 0.218 e. The van der Waals surface area contributed by atoms with Gasteiger partial charge < -0.3 is 10.5 Å². The highest BCUT2D eigenvalue weighted by Gasteiger charge is 2.29. The molecule has 1 rings (SSSR count). The van der Waals surface area contributed by atoms with Crippen LogP contribution in [0.1, 0.15) is 18.2 Å². The van der Waals surface area contributed by atoms with E-state index in [1.165, 1.54) is 11.3 Å². The zero-order valence-electron chi connectivity index (χ0n) is 7.73. The summed E-state index contributed by atoms with van der Waals surface area (Å²) < 4.78 is 0. The first kappa shape index (κ1) is 13.1. The third-order valence-electron chi connectivity index (χ3n) is 1.89. The maximum atomic E-state index is 10.9. The molecule has 0 fully saturated rings. The van der Waals surface area contributed by atoms with Crippen molar-refractivity contribution < 1.29 is 9.59 Å². The number of rotatable bonds is 4. The Morgan fingerprint density at radius 3 is 2.71 bits per heavy atom. The molecule has 0 bridgehead atoms. The van der Waals surface area contributed by atoms with Gasteiger partial charge in [0.05, 0.1) is 5.41 Å². The summed E-state index contributed by atoms with van der Waals surface area (Å²) in [6.07, 6.45) is 0.848. The number of hydrogen-bond donors (Lipinski definition) is 1. The van der Waals surface area contributed by atoms with Crippen LogP contribution in [0, 0.1) is 0 Å². The lowest BCUT2D eigenvalue weighted by atomic mass is 9.87. The summed E-state index contributed by atoms with van der Waals surface area (Å²) in [4.78, 5) is 22.5. The van der Waals surface area contributed by atoms with E-state index >= 15 is 0 Å². The van der Waals surface area contributed by atoms with E-state index in [4.69, 9.17) is 5.73 Å². The molecule has 0 aromatic carbocycles. The van der Waals surface area contributed by atoms with Crippen LogP contribution >= 0.6 is 23.7 Å². The van der Waals surface area contributed by atoms with Gasteiger partial charge in [0.2, 0.25) is 5.91 Å². The van der Waals surface area contributed by atoms with Crippen molar-refractivity contribution in [1.29, 1.82) is 0 Å². The van der Waals surface area contributed by atoms with Gasteiger partial charge in [0, 0.05) is 11.3 Å². The molecule has 1 amide bonds. The van der Waals surface area contributed by atoms with Crippen molar-refractivity contribution in [2.45, 2.75) is 18.8 Å². The van der Waals surface area contributed by atoms with Gasteiger partial charge in [-0.05, 0) is 18.4 Å². The van der Waals surface area contributed by atoms with Crippen molar-refractivity contribution in [1.82, 2.24) is 0 Å². The van der Waals surface area contributed by atoms with E-state index in [2.05, 4.69) is 0 Å². The van der Waals surface area contributed by atoms with Crippen LogP contribution in [-0.4, -0.2) is 12.2 Å². The summed E-state index contributed by atoms with van der Waals surface area (Å²) >= 11 is 1.46. The molecule has 3 nitrogen and oxygen atoms in total. The fraction of sp³-hybridized carbons (Fsp3) is 0.333. The first-order valence-corrected chi connectivity index (χ1v) is 4.75. The van der Waals surface area contributed by atoms with Crippen LogP contribution < -0.4 is 5.73 Å². The zero-order valence-corrected chi connectivity index (χ0v) is 9.36. The van der Waals surface area contributed by atoms with Gasteiger partial charge in [-0.2, -0.15) is 0 Å². The quantitative estimate of drug-likeness (QED) is 0.802. The van der Waals surface area contributed by atoms with Crippen LogP contribution in [0.4, 0.5) is 0 Å². The topological polar surface area (TPSA) is 60.2 Å². The van der Waals surface area contributed by atoms with Crippen molar-refractivity contribution in [3.63, 3.8) is 0 Å². The second-order valence-corrected chi connectivity index (χ2v) is 4.10. The Hall–Kier alpha value is -0.870. The predicted octanol–water partition coefficient (Wildman–Crippen LogP) is 1.50. The average Bonchev–Trinajstić information content (AvgIpc) is 2.55. The summed E-state index contributed by atoms with van der Waals surface area (Å²) in [6.45, 7) is 1.72. The van der Waals surface area contributed by atoms with Gasteiger partial charge in [-0.3, -0.25) is 4.79 Å². The van der Waals surface area contributed by atoms with Crippen molar-refractivity contribution in [2.24, 2.45) is 5.73 Å². The summed E-state index contributed by atoms with van der Waals surface area (Å²) in [7, 11) is 0. The van der Waals surface area contributed by atoms with Crippen molar-refractivity contribution in [3.05, 3.63) is 22.4 Å². The van der Waals surface area contributed by atoms with E-state index in [9.17, 15) is 9.59 Å². The largest absolute Gasteiger partial charge is 0.370 e. The number of carbonyl (C=O) groups excluding carboxylic acids is 2. The minimum absolute atomic E-state index is 0. The number of thiophene rings is 1. The highest BCUT2D eigenvalue weighted by molar-refractivity contribution is 7.10. The Balaban J connectivity index is 0.00000169. The Kier molecular flexibility index (Phi) is 4.80. The van der Waals surface area contributed by atoms with Gasteiger partial charge in [-0.1, -0.05) is 6.07 Å². The minimum Gasteiger partial charge on any atom is -0.370 e. The van der Waals surface area contributed by atoms with Gasteiger partial charge in [0.15, 0.2) is 0 Å². The summed E-state index contributed by atoms with van der Waals surface area (Å²) in [5, 5.41) is 1.87. The summed E-state index contributed by atoms with van der Waals surface area (Å²) in [6, 6.07) is 3.69. The number of halogens is 1. The van der Waals surface area contributed by atoms with Gasteiger partial charge in [-0.15, -0.1) is 23.7 Å². The zero-order chi connectivity index (χ0) is 9.90. The summed E-state index contributed by atoms with van der Waals surface area (Å²) in [5.74, 6) is -0.456. The number of aldehydes is 1. The molecule has 0 aliphatic heterocycles. The molecule has 0 aliphatic rings. The Bertz CT molecular complexity index is 313. The van der Waals surface area contributed by atoms with Crippen LogP contribution in [0.5, 0.6) is 0 Å². The van der Waals surface area contributed by atoms with E-state index in [1.54, 1.807) is 6.92 Å². The predicted molar refractivity (Wildman–Crippen MR) is 58.8 cm³/mol. The van der Waals surface area contributed by atoms with Crippen molar-refractivity contribution in [3.8, 4) is 0 Å². The maximum absolute atomic E-state index is 10.9. The molecule has 0 saturated carbocycles. The molecule has 0 spiro atoms. The molecule has 1 aromatic rings. The first-order valence-electron chi connectivity index (χ1n) is 3.87. The monoisotopic (exact) mass is 233 g/mol. The van der Waals surface area contributed by atoms with E-state index in [-0.39, 0.29) is 18.8 Å². The molecule has 14 heavy (non-hydrogen) atoms. The van der Waals surface area contributed by atoms with Crippen LogP contribution in [-0.2, 0) is 15.0 Å². The van der Waals surface area contributed by atoms with Crippen LogP contribution in [0.15, 0.2) is 17.5 Å². The van der Waals surface area contributed by atoms with Gasteiger partial charge in [0.25, 0.3) is 0 Å². The molecule has 0 radical (unpaired) electrons. The smallest absolute Gasteiger partial charge is 0.218 e. The molecule has 0 saturated heterocycles. The van der Waals surface area contributed by atoms with Gasteiger partial charge in [-0.25, -0.2) is 0 Å². The molecule has 1 unspecified atom stereocenters. The average molecular weight is 234 g/mol. The van der Waals surface area contributed by atoms with Gasteiger partial charge in [0.1, 0.15) is 6.29 Å². The molecule has 5 heteroatoms. The number of carbonyl (C=O) groups is 2. The third kappa shape index (κ3) is 2.82. The number of primary amides is 1. The fourth-order valence-electron chi connectivity index (χ4n) is 1.15. The Morgan fingerprint density at radius 2 is 2.36 bits per heavy atom. The highest BCUT2D eigenvalue weighted by atomic mass is 35.5. The standard InChI is InChI=1S/C9H11NO2S.ClH/c1-9(6-11,5-8(10)12)7-3-2-4-13-7;/h2-4,6H,5H2,1H3,(H2,10,12);1H. The minimum atomic E-state index is -0.750. The molecule has 1 aromatic heterocycles. The summed E-state index contributed by atoms with van der Waals surface area (Å²) in [5.41, 5.74) is 4.32. The molecule has 78 valence electrons. The molecule has 1 atom stereocenters. The van der Waals surface area contributed by atoms with Crippen LogP contribution in [0.2, 0.25) is 0 Å². The molecule has 2 N–H and O–H groups in total. The molecular formula is C9H12ClNO2S. The van der Waals surface area contributed by atoms with E-state index in [0.717, 1.165) is 11.2 Å².